The highest BCUT2D eigenvalue weighted by molar-refractivity contribution is 6.08. The van der Waals surface area contributed by atoms with Crippen molar-refractivity contribution in [2.75, 3.05) is 14.7 Å². The summed E-state index contributed by atoms with van der Waals surface area (Å²) in [5.74, 6) is 2.46. The molecular formula is C101H69N7. The van der Waals surface area contributed by atoms with Crippen molar-refractivity contribution in [2.45, 2.75) is 16.2 Å². The third-order valence-electron chi connectivity index (χ3n) is 22.4. The molecule has 5 heterocycles. The van der Waals surface area contributed by atoms with Crippen LogP contribution in [0.1, 0.15) is 66.8 Å². The van der Waals surface area contributed by atoms with E-state index in [0.29, 0.717) is 17.5 Å². The van der Waals surface area contributed by atoms with Gasteiger partial charge in [-0.3, -0.25) is 4.90 Å². The van der Waals surface area contributed by atoms with E-state index in [2.05, 4.69) is 397 Å². The van der Waals surface area contributed by atoms with Crippen LogP contribution in [0.5, 0.6) is 0 Å². The van der Waals surface area contributed by atoms with Gasteiger partial charge in [0.25, 0.3) is 0 Å². The van der Waals surface area contributed by atoms with Crippen LogP contribution >= 0.6 is 0 Å². The maximum atomic E-state index is 6.28. The largest absolute Gasteiger partial charge is 0.308 e. The predicted molar refractivity (Wildman–Crippen MR) is 439 cm³/mol. The van der Waals surface area contributed by atoms with Gasteiger partial charge in [0.1, 0.15) is 0 Å². The molecule has 0 atom stereocenters. The number of fused-ring (bicyclic) bond motifs is 6. The average molecular weight is 1380 g/mol. The molecule has 2 aromatic heterocycles. The fraction of sp³-hybridized carbons (Fsp3) is 0.0297. The highest BCUT2D eigenvalue weighted by atomic mass is 15.3. The van der Waals surface area contributed by atoms with Gasteiger partial charge >= 0.3 is 0 Å². The fourth-order valence-electron chi connectivity index (χ4n) is 18.0. The van der Waals surface area contributed by atoms with Crippen molar-refractivity contribution in [2.24, 2.45) is 0 Å². The van der Waals surface area contributed by atoms with Gasteiger partial charge < -0.3 is 9.80 Å². The standard InChI is InChI=1S/C101H69N7/c1-9-37-71(38-10-1)95-103-96(72-39-11-2-12-40-72)105-97(104-95)73-67-65-70(66-68-73)93-92(106-86-59-31-25-53-80(86)99(74-41-13-3-14-42-74,75-43-15-4-16-44-75)81-54-26-32-60-87(81)106)69-102-98(108-90-63-35-29-57-84(90)101(78-49-21-7-22-50-78,79-51-23-8-24-52-79)85-58-30-36-64-91(85)108)94(93)107-88-61-33-27-55-82(88)100(76-45-17-5-18-46-76,77-47-19-6-20-48-77)83-56-28-34-62-89(83)107/h1-69H. The van der Waals surface area contributed by atoms with Crippen molar-refractivity contribution in [3.05, 3.63) is 485 Å². The summed E-state index contributed by atoms with van der Waals surface area (Å²) in [5, 5.41) is 0. The van der Waals surface area contributed by atoms with E-state index in [0.717, 1.165) is 146 Å². The maximum Gasteiger partial charge on any atom is 0.164 e. The average Bonchev–Trinajstić information content (AvgIpc) is 0.681. The number of para-hydroxylation sites is 6. The minimum absolute atomic E-state index is 0.557. The molecule has 0 fully saturated rings. The molecule has 0 unspecified atom stereocenters. The lowest BCUT2D eigenvalue weighted by Crippen LogP contribution is -2.40. The molecule has 0 spiro atoms. The second-order valence-corrected chi connectivity index (χ2v) is 27.9. The van der Waals surface area contributed by atoms with E-state index < -0.39 is 16.2 Å². The predicted octanol–water partition coefficient (Wildman–Crippen LogP) is 24.4. The van der Waals surface area contributed by atoms with Gasteiger partial charge in [-0.25, -0.2) is 19.9 Å². The Kier molecular flexibility index (Phi) is 15.4. The van der Waals surface area contributed by atoms with Crippen LogP contribution in [0.4, 0.5) is 51.3 Å². The highest BCUT2D eigenvalue weighted by Crippen LogP contribution is 2.66. The second kappa shape index (κ2) is 26.2. The number of anilines is 9. The Morgan fingerprint density at radius 1 is 0.185 bits per heavy atom. The summed E-state index contributed by atoms with van der Waals surface area (Å²) in [6, 6.07) is 150. The summed E-state index contributed by atoms with van der Waals surface area (Å²) >= 11 is 0. The van der Waals surface area contributed by atoms with Crippen LogP contribution in [0, 0.1) is 0 Å². The van der Waals surface area contributed by atoms with E-state index in [4.69, 9.17) is 19.9 Å². The number of hydrogen-bond acceptors (Lipinski definition) is 7. The molecule has 0 radical (unpaired) electrons. The van der Waals surface area contributed by atoms with Crippen molar-refractivity contribution in [3.63, 3.8) is 0 Å². The molecule has 0 amide bonds. The summed E-state index contributed by atoms with van der Waals surface area (Å²) in [7, 11) is 0. The quantitative estimate of drug-likeness (QED) is 0.114. The third kappa shape index (κ3) is 9.75. The molecule has 17 aromatic rings. The van der Waals surface area contributed by atoms with E-state index in [1.807, 2.05) is 36.4 Å². The lowest BCUT2D eigenvalue weighted by molar-refractivity contribution is 0.727. The number of pyridine rings is 1. The molecule has 7 nitrogen and oxygen atoms in total. The Hall–Kier alpha value is -14.1. The molecule has 7 heteroatoms. The zero-order chi connectivity index (χ0) is 71.6. The van der Waals surface area contributed by atoms with E-state index in [-0.39, 0.29) is 0 Å². The molecule has 0 N–H and O–H groups in total. The summed E-state index contributed by atoms with van der Waals surface area (Å²) in [5.41, 5.74) is 23.6. The first-order valence-corrected chi connectivity index (χ1v) is 36.9. The Morgan fingerprint density at radius 2 is 0.407 bits per heavy atom. The zero-order valence-corrected chi connectivity index (χ0v) is 59.0. The topological polar surface area (TPSA) is 61.3 Å². The molecule has 20 rings (SSSR count). The minimum atomic E-state index is -0.806. The molecule has 15 aromatic carbocycles. The SMILES string of the molecule is c1ccc(-c2nc(-c3ccccc3)nc(-c3ccc(-c4c(N5c6ccccc6C(c6ccccc6)(c6ccccc6)c6ccccc65)cnc(N5c6ccccc6C(c6ccccc6)(c6ccccc6)c6ccccc65)c4N4c5ccccc5C(c5ccccc5)(c5ccccc5)c5ccccc54)cc3)n2)cc1. The third-order valence-corrected chi connectivity index (χ3v) is 22.4. The van der Waals surface area contributed by atoms with E-state index in [9.17, 15) is 0 Å². The van der Waals surface area contributed by atoms with Gasteiger partial charge in [-0.05, 0) is 109 Å². The van der Waals surface area contributed by atoms with Crippen LogP contribution in [0.25, 0.3) is 45.3 Å². The molecule has 3 aliphatic heterocycles. The molecule has 0 saturated carbocycles. The number of nitrogens with zero attached hydrogens (tertiary/aromatic N) is 7. The lowest BCUT2D eigenvalue weighted by Gasteiger charge is -2.49. The monoisotopic (exact) mass is 1380 g/mol. The van der Waals surface area contributed by atoms with Crippen LogP contribution in [0.3, 0.4) is 0 Å². The number of rotatable bonds is 13. The minimum Gasteiger partial charge on any atom is -0.308 e. The van der Waals surface area contributed by atoms with Gasteiger partial charge in [0.05, 0.1) is 67.9 Å². The van der Waals surface area contributed by atoms with Gasteiger partial charge in [0.15, 0.2) is 23.3 Å². The summed E-state index contributed by atoms with van der Waals surface area (Å²) < 4.78 is 0. The van der Waals surface area contributed by atoms with Crippen LogP contribution in [-0.2, 0) is 16.2 Å². The van der Waals surface area contributed by atoms with Crippen LogP contribution < -0.4 is 14.7 Å². The Labute approximate surface area is 629 Å². The van der Waals surface area contributed by atoms with Gasteiger partial charge in [-0.1, -0.05) is 376 Å². The maximum absolute atomic E-state index is 6.28. The lowest BCUT2D eigenvalue weighted by atomic mass is 9.62. The summed E-state index contributed by atoms with van der Waals surface area (Å²) in [4.78, 5) is 29.6. The number of aromatic nitrogens is 4. The fourth-order valence-corrected chi connectivity index (χ4v) is 18.0. The van der Waals surface area contributed by atoms with E-state index in [1.54, 1.807) is 0 Å². The first kappa shape index (κ1) is 63.5. The Morgan fingerprint density at radius 3 is 0.694 bits per heavy atom. The molecule has 108 heavy (non-hydrogen) atoms. The van der Waals surface area contributed by atoms with Crippen molar-refractivity contribution in [1.82, 2.24) is 19.9 Å². The summed E-state index contributed by atoms with van der Waals surface area (Å²) in [6.45, 7) is 0. The zero-order valence-electron chi connectivity index (χ0n) is 59.0. The molecule has 3 aliphatic rings. The van der Waals surface area contributed by atoms with Crippen molar-refractivity contribution < 1.29 is 0 Å². The smallest absolute Gasteiger partial charge is 0.164 e. The van der Waals surface area contributed by atoms with Crippen molar-refractivity contribution >= 4 is 51.3 Å². The van der Waals surface area contributed by atoms with Gasteiger partial charge in [0.2, 0.25) is 0 Å². The van der Waals surface area contributed by atoms with Crippen molar-refractivity contribution in [1.29, 1.82) is 0 Å². The molecule has 508 valence electrons. The van der Waals surface area contributed by atoms with Crippen molar-refractivity contribution in [3.8, 4) is 45.3 Å². The van der Waals surface area contributed by atoms with Crippen LogP contribution in [0.15, 0.2) is 419 Å². The first-order valence-electron chi connectivity index (χ1n) is 36.9. The van der Waals surface area contributed by atoms with Gasteiger partial charge in [-0.2, -0.15) is 0 Å². The van der Waals surface area contributed by atoms with Crippen LogP contribution in [0.2, 0.25) is 0 Å². The van der Waals surface area contributed by atoms with E-state index >= 15 is 0 Å². The Bertz CT molecular complexity index is 5860. The van der Waals surface area contributed by atoms with Gasteiger partial charge in [0, 0.05) is 22.3 Å². The van der Waals surface area contributed by atoms with E-state index in [1.165, 1.54) is 0 Å². The normalized spacial score (nSPS) is 13.9. The summed E-state index contributed by atoms with van der Waals surface area (Å²) in [6.07, 6.45) is 2.17. The highest BCUT2D eigenvalue weighted by Gasteiger charge is 2.52. The Balaban J connectivity index is 0.942. The van der Waals surface area contributed by atoms with Gasteiger partial charge in [-0.15, -0.1) is 0 Å². The number of benzene rings is 15. The number of hydrogen-bond donors (Lipinski definition) is 0. The second-order valence-electron chi connectivity index (χ2n) is 27.9. The molecular weight excluding hydrogens is 1310 g/mol. The molecule has 0 aliphatic carbocycles. The van der Waals surface area contributed by atoms with Crippen LogP contribution in [-0.4, -0.2) is 19.9 Å². The molecule has 0 bridgehead atoms. The first-order chi connectivity index (χ1) is 53.6. The molecule has 0 saturated heterocycles.